The molecule has 0 aromatic heterocycles. The number of hydrogen-bond donors (Lipinski definition) is 0. The maximum absolute atomic E-state index is 12.4. The smallest absolute Gasteiger partial charge is 0.306 e. The van der Waals surface area contributed by atoms with Crippen LogP contribution in [0, 0.1) is 0 Å². The first-order valence-electron chi connectivity index (χ1n) is 17.5. The Kier molecular flexibility index (Phi) is 32.1. The van der Waals surface area contributed by atoms with Crippen LogP contribution in [0.5, 0.6) is 0 Å². The monoisotopic (exact) mass is 590 g/mol. The van der Waals surface area contributed by atoms with Gasteiger partial charge in [-0.2, -0.15) is 0 Å². The van der Waals surface area contributed by atoms with Crippen molar-refractivity contribution in [2.24, 2.45) is 0 Å². The highest BCUT2D eigenvalue weighted by Gasteiger charge is 2.17. The summed E-state index contributed by atoms with van der Waals surface area (Å²) in [6.07, 6.45) is 35.8. The Morgan fingerprint density at radius 2 is 1.07 bits per heavy atom. The molecule has 0 aromatic carbocycles. The largest absolute Gasteiger partial charge is 0.462 e. The van der Waals surface area contributed by atoms with Gasteiger partial charge in [0.25, 0.3) is 0 Å². The lowest BCUT2D eigenvalue weighted by Gasteiger charge is -2.18. The van der Waals surface area contributed by atoms with Crippen molar-refractivity contribution in [3.8, 4) is 0 Å². The van der Waals surface area contributed by atoms with Crippen molar-refractivity contribution < 1.29 is 23.8 Å². The van der Waals surface area contributed by atoms with Gasteiger partial charge in [-0.3, -0.25) is 9.59 Å². The molecule has 0 saturated heterocycles. The van der Waals surface area contributed by atoms with Gasteiger partial charge in [-0.25, -0.2) is 0 Å². The Bertz CT molecular complexity index is 682. The Hall–Kier alpha value is -1.88. The van der Waals surface area contributed by atoms with E-state index in [4.69, 9.17) is 14.2 Å². The fourth-order valence-electron chi connectivity index (χ4n) is 4.58. The molecule has 0 aliphatic rings. The van der Waals surface area contributed by atoms with Gasteiger partial charge in [0.2, 0.25) is 0 Å². The Morgan fingerprint density at radius 1 is 0.548 bits per heavy atom. The molecule has 0 amide bonds. The Balaban J connectivity index is 4.20. The summed E-state index contributed by atoms with van der Waals surface area (Å²) >= 11 is 0. The zero-order chi connectivity index (χ0) is 30.8. The van der Waals surface area contributed by atoms with E-state index < -0.39 is 6.10 Å². The van der Waals surface area contributed by atoms with Crippen LogP contribution in [0.4, 0.5) is 0 Å². The molecule has 0 saturated carbocycles. The molecule has 0 fully saturated rings. The Morgan fingerprint density at radius 3 is 1.71 bits per heavy atom. The van der Waals surface area contributed by atoms with Crippen molar-refractivity contribution in [1.82, 2.24) is 0 Å². The van der Waals surface area contributed by atoms with Crippen molar-refractivity contribution in [2.45, 2.75) is 168 Å². The van der Waals surface area contributed by atoms with Gasteiger partial charge in [-0.1, -0.05) is 134 Å². The quantitative estimate of drug-likeness (QED) is 0.0456. The third-order valence-corrected chi connectivity index (χ3v) is 7.19. The van der Waals surface area contributed by atoms with E-state index in [2.05, 4.69) is 57.2 Å². The third kappa shape index (κ3) is 31.1. The van der Waals surface area contributed by atoms with Crippen molar-refractivity contribution in [3.63, 3.8) is 0 Å². The fourth-order valence-corrected chi connectivity index (χ4v) is 4.58. The van der Waals surface area contributed by atoms with E-state index in [9.17, 15) is 9.59 Å². The number of esters is 2. The van der Waals surface area contributed by atoms with Gasteiger partial charge in [0.05, 0.1) is 6.61 Å². The molecule has 1 unspecified atom stereocenters. The summed E-state index contributed by atoms with van der Waals surface area (Å²) in [4.78, 5) is 24.8. The number of carbonyl (C=O) groups excluding carboxylic acids is 2. The molecule has 0 radical (unpaired) electrons. The molecule has 0 heterocycles. The lowest BCUT2D eigenvalue weighted by molar-refractivity contribution is -0.163. The first-order valence-corrected chi connectivity index (χ1v) is 17.5. The lowest BCUT2D eigenvalue weighted by Crippen LogP contribution is -2.30. The molecule has 5 nitrogen and oxygen atoms in total. The molecule has 5 heteroatoms. The summed E-state index contributed by atoms with van der Waals surface area (Å²) in [5.74, 6) is -0.443. The summed E-state index contributed by atoms with van der Waals surface area (Å²) in [7, 11) is 0. The second kappa shape index (κ2) is 33.6. The van der Waals surface area contributed by atoms with E-state index in [-0.39, 0.29) is 25.2 Å². The van der Waals surface area contributed by atoms with Crippen molar-refractivity contribution in [2.75, 3.05) is 19.8 Å². The minimum atomic E-state index is -0.534. The predicted molar refractivity (Wildman–Crippen MR) is 178 cm³/mol. The molecule has 42 heavy (non-hydrogen) atoms. The average molecular weight is 591 g/mol. The van der Waals surface area contributed by atoms with E-state index in [0.717, 1.165) is 70.6 Å². The molecule has 0 bridgehead atoms. The van der Waals surface area contributed by atoms with Crippen LogP contribution in [0.25, 0.3) is 0 Å². The lowest BCUT2D eigenvalue weighted by atomic mass is 10.1. The standard InChI is InChI=1S/C37H66O5/c1-4-7-10-13-16-17-18-19-20-21-23-24-27-30-36(38)41-34-35(33-40-32-29-26-15-12-9-6-3)42-37(39)31-28-25-22-14-11-8-5-2/h7,10,16-17,19-20,35H,4-6,8-9,11-15,18,21-34H2,1-3H3/b10-7-,17-16-,20-19-. The zero-order valence-corrected chi connectivity index (χ0v) is 27.8. The number of allylic oxidation sites excluding steroid dienone is 6. The van der Waals surface area contributed by atoms with E-state index in [1.165, 1.54) is 57.8 Å². The van der Waals surface area contributed by atoms with Gasteiger partial charge >= 0.3 is 11.9 Å². The molecule has 0 aliphatic carbocycles. The molecule has 1 atom stereocenters. The SMILES string of the molecule is CC/C=C\C/C=C\C/C=C\CCCCCC(=O)OCC(COCCCCCCCC)OC(=O)CCCCCCCCC. The van der Waals surface area contributed by atoms with Crippen molar-refractivity contribution in [1.29, 1.82) is 0 Å². The van der Waals surface area contributed by atoms with Crippen LogP contribution in [0.15, 0.2) is 36.5 Å². The van der Waals surface area contributed by atoms with Crippen molar-refractivity contribution in [3.05, 3.63) is 36.5 Å². The van der Waals surface area contributed by atoms with Crippen LogP contribution in [0.1, 0.15) is 162 Å². The molecule has 0 aliphatic heterocycles. The fraction of sp³-hybridized carbons (Fsp3) is 0.784. The predicted octanol–water partition coefficient (Wildman–Crippen LogP) is 10.8. The van der Waals surface area contributed by atoms with Crippen LogP contribution in [0.2, 0.25) is 0 Å². The van der Waals surface area contributed by atoms with Gasteiger partial charge in [-0.15, -0.1) is 0 Å². The molecular weight excluding hydrogens is 524 g/mol. The van der Waals surface area contributed by atoms with Gasteiger partial charge in [-0.05, 0) is 51.4 Å². The molecule has 0 spiro atoms. The molecular formula is C37H66O5. The molecule has 244 valence electrons. The third-order valence-electron chi connectivity index (χ3n) is 7.19. The summed E-state index contributed by atoms with van der Waals surface area (Å²) in [5, 5.41) is 0. The number of hydrogen-bond acceptors (Lipinski definition) is 5. The van der Waals surface area contributed by atoms with Crippen molar-refractivity contribution >= 4 is 11.9 Å². The zero-order valence-electron chi connectivity index (χ0n) is 27.8. The molecule has 0 aromatic rings. The van der Waals surface area contributed by atoms with E-state index >= 15 is 0 Å². The number of unbranched alkanes of at least 4 members (excludes halogenated alkanes) is 14. The minimum Gasteiger partial charge on any atom is -0.462 e. The van der Waals surface area contributed by atoms with Gasteiger partial charge in [0, 0.05) is 19.4 Å². The van der Waals surface area contributed by atoms with Crippen LogP contribution >= 0.6 is 0 Å². The van der Waals surface area contributed by atoms with Crippen LogP contribution in [0.3, 0.4) is 0 Å². The number of ether oxygens (including phenoxy) is 3. The topological polar surface area (TPSA) is 61.8 Å². The second-order valence-electron chi connectivity index (χ2n) is 11.4. The highest BCUT2D eigenvalue weighted by molar-refractivity contribution is 5.70. The molecule has 0 N–H and O–H groups in total. The normalized spacial score (nSPS) is 12.5. The summed E-state index contributed by atoms with van der Waals surface area (Å²) in [6, 6.07) is 0. The van der Waals surface area contributed by atoms with Crippen LogP contribution in [-0.2, 0) is 23.8 Å². The highest BCUT2D eigenvalue weighted by atomic mass is 16.6. The van der Waals surface area contributed by atoms with E-state index in [1.54, 1.807) is 0 Å². The second-order valence-corrected chi connectivity index (χ2v) is 11.4. The highest BCUT2D eigenvalue weighted by Crippen LogP contribution is 2.11. The van der Waals surface area contributed by atoms with E-state index in [1.807, 2.05) is 0 Å². The minimum absolute atomic E-state index is 0.0720. The van der Waals surface area contributed by atoms with E-state index in [0.29, 0.717) is 19.4 Å². The van der Waals surface area contributed by atoms with Crippen LogP contribution in [-0.4, -0.2) is 37.9 Å². The molecule has 0 rings (SSSR count). The van der Waals surface area contributed by atoms with Crippen LogP contribution < -0.4 is 0 Å². The average Bonchev–Trinajstić information content (AvgIpc) is 2.99. The Labute approximate surface area is 259 Å². The first-order chi connectivity index (χ1) is 20.6. The summed E-state index contributed by atoms with van der Waals surface area (Å²) < 4.78 is 17.0. The maximum atomic E-state index is 12.4. The summed E-state index contributed by atoms with van der Waals surface area (Å²) in [5.41, 5.74) is 0. The number of rotatable bonds is 31. The van der Waals surface area contributed by atoms with Gasteiger partial charge in [0.15, 0.2) is 6.10 Å². The number of carbonyl (C=O) groups is 2. The summed E-state index contributed by atoms with van der Waals surface area (Å²) in [6.45, 7) is 7.58. The maximum Gasteiger partial charge on any atom is 0.306 e. The first kappa shape index (κ1) is 40.1. The van der Waals surface area contributed by atoms with Gasteiger partial charge in [0.1, 0.15) is 6.61 Å². The van der Waals surface area contributed by atoms with Gasteiger partial charge < -0.3 is 14.2 Å².